The van der Waals surface area contributed by atoms with Gasteiger partial charge in [-0.05, 0) is 48.5 Å². The fraction of sp³-hybridized carbons (Fsp3) is 0.176. The molecule has 1 amide bonds. The number of aromatic hydroxyl groups is 1. The first kappa shape index (κ1) is 18.4. The first-order valence-electron chi connectivity index (χ1n) is 7.16. The molecular weight excluding hydrogens is 394 g/mol. The van der Waals surface area contributed by atoms with E-state index in [1.165, 1.54) is 24.3 Å². The van der Waals surface area contributed by atoms with Gasteiger partial charge in [0, 0.05) is 21.7 Å². The number of amides is 1. The number of halogens is 1. The van der Waals surface area contributed by atoms with Gasteiger partial charge in [0.25, 0.3) is 5.91 Å². The van der Waals surface area contributed by atoms with E-state index in [0.29, 0.717) is 6.54 Å². The molecule has 5 nitrogen and oxygen atoms in total. The number of phenols is 1. The van der Waals surface area contributed by atoms with E-state index in [0.717, 1.165) is 15.1 Å². The predicted octanol–water partition coefficient (Wildman–Crippen LogP) is 3.22. The van der Waals surface area contributed by atoms with Gasteiger partial charge in [-0.3, -0.25) is 4.79 Å². The second kappa shape index (κ2) is 9.34. The van der Waals surface area contributed by atoms with E-state index in [1.54, 1.807) is 11.8 Å². The van der Waals surface area contributed by atoms with Gasteiger partial charge in [0.2, 0.25) is 0 Å². The maximum atomic E-state index is 11.7. The van der Waals surface area contributed by atoms with Gasteiger partial charge in [0.05, 0.1) is 5.56 Å². The Morgan fingerprint density at radius 2 is 1.75 bits per heavy atom. The highest BCUT2D eigenvalue weighted by Crippen LogP contribution is 2.19. The molecule has 2 aromatic rings. The van der Waals surface area contributed by atoms with Gasteiger partial charge >= 0.3 is 5.97 Å². The van der Waals surface area contributed by atoms with Crippen molar-refractivity contribution in [3.05, 3.63) is 58.6 Å². The number of hydrogen-bond donors (Lipinski definition) is 2. The Kier molecular flexibility index (Phi) is 7.14. The summed E-state index contributed by atoms with van der Waals surface area (Å²) < 4.78 is 5.94. The van der Waals surface area contributed by atoms with E-state index in [4.69, 9.17) is 9.84 Å². The number of carbonyl (C=O) groups is 2. The third-order valence-electron chi connectivity index (χ3n) is 2.94. The highest BCUT2D eigenvalue weighted by atomic mass is 79.9. The molecule has 0 radical (unpaired) electrons. The molecule has 0 saturated carbocycles. The molecule has 2 aromatic carbocycles. The molecule has 0 aliphatic rings. The zero-order valence-corrected chi connectivity index (χ0v) is 15.1. The topological polar surface area (TPSA) is 75.6 Å². The monoisotopic (exact) mass is 409 g/mol. The number of benzene rings is 2. The number of esters is 1. The van der Waals surface area contributed by atoms with Crippen molar-refractivity contribution in [2.45, 2.75) is 4.90 Å². The Morgan fingerprint density at radius 3 is 2.42 bits per heavy atom. The third kappa shape index (κ3) is 6.25. The van der Waals surface area contributed by atoms with Crippen molar-refractivity contribution >= 4 is 39.6 Å². The van der Waals surface area contributed by atoms with Crippen LogP contribution >= 0.6 is 27.7 Å². The molecule has 126 valence electrons. The Bertz CT molecular complexity index is 689. The van der Waals surface area contributed by atoms with E-state index < -0.39 is 5.97 Å². The van der Waals surface area contributed by atoms with Crippen LogP contribution in [0.1, 0.15) is 10.4 Å². The third-order valence-corrected chi connectivity index (χ3v) is 4.49. The van der Waals surface area contributed by atoms with Crippen LogP contribution in [0.4, 0.5) is 0 Å². The summed E-state index contributed by atoms with van der Waals surface area (Å²) in [7, 11) is 0. The van der Waals surface area contributed by atoms with Crippen LogP contribution in [0, 0.1) is 0 Å². The van der Waals surface area contributed by atoms with Crippen molar-refractivity contribution in [1.29, 1.82) is 0 Å². The molecular formula is C17H16BrNO4S. The maximum Gasteiger partial charge on any atom is 0.338 e. The summed E-state index contributed by atoms with van der Waals surface area (Å²) in [5, 5.41) is 11.8. The zero-order chi connectivity index (χ0) is 17.4. The van der Waals surface area contributed by atoms with Crippen molar-refractivity contribution in [3.8, 4) is 5.75 Å². The van der Waals surface area contributed by atoms with Gasteiger partial charge in [0.1, 0.15) is 5.75 Å². The summed E-state index contributed by atoms with van der Waals surface area (Å²) in [4.78, 5) is 24.5. The van der Waals surface area contributed by atoms with E-state index in [1.807, 2.05) is 24.3 Å². The van der Waals surface area contributed by atoms with E-state index in [-0.39, 0.29) is 23.8 Å². The lowest BCUT2D eigenvalue weighted by Gasteiger charge is -2.07. The smallest absolute Gasteiger partial charge is 0.338 e. The summed E-state index contributed by atoms with van der Waals surface area (Å²) in [6.45, 7) is 0.152. The molecule has 0 saturated heterocycles. The summed E-state index contributed by atoms with van der Waals surface area (Å²) in [5.74, 6) is -0.167. The number of ether oxygens (including phenoxy) is 1. The Hall–Kier alpha value is -1.99. The summed E-state index contributed by atoms with van der Waals surface area (Å²) in [6.07, 6.45) is 0. The van der Waals surface area contributed by atoms with Crippen LogP contribution in [-0.2, 0) is 9.53 Å². The van der Waals surface area contributed by atoms with E-state index in [9.17, 15) is 9.59 Å². The van der Waals surface area contributed by atoms with Crippen molar-refractivity contribution in [1.82, 2.24) is 5.32 Å². The molecule has 0 bridgehead atoms. The lowest BCUT2D eigenvalue weighted by Crippen LogP contribution is -2.30. The summed E-state index contributed by atoms with van der Waals surface area (Å²) >= 11 is 5.00. The molecule has 0 atom stereocenters. The zero-order valence-electron chi connectivity index (χ0n) is 12.7. The molecule has 0 fully saturated rings. The molecule has 0 aromatic heterocycles. The maximum absolute atomic E-state index is 11.7. The van der Waals surface area contributed by atoms with Crippen LogP contribution in [0.15, 0.2) is 57.9 Å². The SMILES string of the molecule is O=C(COC(=O)c1ccc(O)cc1)NCCSc1ccc(Br)cc1. The molecule has 0 aliphatic carbocycles. The second-order valence-corrected chi connectivity index (χ2v) is 6.86. The molecule has 2 rings (SSSR count). The highest BCUT2D eigenvalue weighted by Gasteiger charge is 2.09. The number of carbonyl (C=O) groups excluding carboxylic acids is 2. The van der Waals surface area contributed by atoms with Crippen molar-refractivity contribution in [2.24, 2.45) is 0 Å². The first-order chi connectivity index (χ1) is 11.5. The molecule has 2 N–H and O–H groups in total. The number of nitrogens with one attached hydrogen (secondary N) is 1. The van der Waals surface area contributed by atoms with Gasteiger partial charge in [-0.25, -0.2) is 4.79 Å². The van der Waals surface area contributed by atoms with Crippen LogP contribution in [0.3, 0.4) is 0 Å². The van der Waals surface area contributed by atoms with Crippen LogP contribution in [-0.4, -0.2) is 35.9 Å². The lowest BCUT2D eigenvalue weighted by atomic mass is 10.2. The van der Waals surface area contributed by atoms with Gasteiger partial charge < -0.3 is 15.2 Å². The Balaban J connectivity index is 1.63. The van der Waals surface area contributed by atoms with E-state index in [2.05, 4.69) is 21.2 Å². The number of thioether (sulfide) groups is 1. The lowest BCUT2D eigenvalue weighted by molar-refractivity contribution is -0.124. The van der Waals surface area contributed by atoms with Gasteiger partial charge in [-0.2, -0.15) is 0 Å². The second-order valence-electron chi connectivity index (χ2n) is 4.78. The largest absolute Gasteiger partial charge is 0.508 e. The number of phenolic OH excluding ortho intramolecular Hbond substituents is 1. The van der Waals surface area contributed by atoms with Crippen LogP contribution in [0.2, 0.25) is 0 Å². The van der Waals surface area contributed by atoms with Crippen LogP contribution in [0.25, 0.3) is 0 Å². The molecule has 0 aliphatic heterocycles. The first-order valence-corrected chi connectivity index (χ1v) is 8.93. The van der Waals surface area contributed by atoms with Crippen molar-refractivity contribution in [3.63, 3.8) is 0 Å². The molecule has 0 heterocycles. The van der Waals surface area contributed by atoms with Crippen LogP contribution < -0.4 is 5.32 Å². The highest BCUT2D eigenvalue weighted by molar-refractivity contribution is 9.10. The van der Waals surface area contributed by atoms with Crippen molar-refractivity contribution in [2.75, 3.05) is 18.9 Å². The molecule has 7 heteroatoms. The average molecular weight is 410 g/mol. The standard InChI is InChI=1S/C17H16BrNO4S/c18-13-3-7-15(8-4-13)24-10-9-19-16(21)11-23-17(22)12-1-5-14(20)6-2-12/h1-8,20H,9-11H2,(H,19,21). The predicted molar refractivity (Wildman–Crippen MR) is 96.3 cm³/mol. The fourth-order valence-electron chi connectivity index (χ4n) is 1.75. The normalized spacial score (nSPS) is 10.2. The quantitative estimate of drug-likeness (QED) is 0.417. The van der Waals surface area contributed by atoms with Gasteiger partial charge in [0.15, 0.2) is 6.61 Å². The van der Waals surface area contributed by atoms with Gasteiger partial charge in [-0.1, -0.05) is 15.9 Å². The molecule has 0 spiro atoms. The summed E-state index contributed by atoms with van der Waals surface area (Å²) in [5.41, 5.74) is 0.284. The van der Waals surface area contributed by atoms with E-state index >= 15 is 0 Å². The average Bonchev–Trinajstić information content (AvgIpc) is 2.59. The van der Waals surface area contributed by atoms with Crippen LogP contribution in [0.5, 0.6) is 5.75 Å². The minimum Gasteiger partial charge on any atom is -0.508 e. The minimum atomic E-state index is -0.602. The summed E-state index contributed by atoms with van der Waals surface area (Å²) in [6, 6.07) is 13.6. The van der Waals surface area contributed by atoms with Crippen molar-refractivity contribution < 1.29 is 19.4 Å². The Labute approximate surface area is 152 Å². The molecule has 0 unspecified atom stereocenters. The molecule has 24 heavy (non-hydrogen) atoms. The Morgan fingerprint density at radius 1 is 1.08 bits per heavy atom. The number of hydrogen-bond acceptors (Lipinski definition) is 5. The fourth-order valence-corrected chi connectivity index (χ4v) is 2.79. The minimum absolute atomic E-state index is 0.0626. The van der Waals surface area contributed by atoms with Gasteiger partial charge in [-0.15, -0.1) is 11.8 Å². The number of rotatable bonds is 7.